The molecule has 2 amide bonds. The van der Waals surface area contributed by atoms with Crippen molar-refractivity contribution in [3.63, 3.8) is 0 Å². The third-order valence-corrected chi connectivity index (χ3v) is 4.00. The number of carbonyl (C=O) groups is 1. The van der Waals surface area contributed by atoms with Crippen LogP contribution in [0.3, 0.4) is 0 Å². The Labute approximate surface area is 156 Å². The lowest BCUT2D eigenvalue weighted by molar-refractivity contribution is 0.262. The van der Waals surface area contributed by atoms with Crippen molar-refractivity contribution in [2.24, 2.45) is 0 Å². The van der Waals surface area contributed by atoms with E-state index in [4.69, 9.17) is 4.42 Å². The summed E-state index contributed by atoms with van der Waals surface area (Å²) in [6, 6.07) is 26.2. The topological polar surface area (TPSA) is 67.2 Å². The summed E-state index contributed by atoms with van der Waals surface area (Å²) in [6.45, 7) is 0. The Morgan fingerprint density at radius 2 is 1.30 bits per heavy atom. The van der Waals surface area contributed by atoms with E-state index < -0.39 is 0 Å². The maximum Gasteiger partial charge on any atom is 0.323 e. The molecule has 3 aromatic carbocycles. The van der Waals surface area contributed by atoms with Crippen molar-refractivity contribution in [2.45, 2.75) is 0 Å². The molecule has 0 spiro atoms. The third-order valence-electron chi connectivity index (χ3n) is 4.00. The van der Waals surface area contributed by atoms with Crippen LogP contribution in [0.5, 0.6) is 0 Å². The number of benzene rings is 3. The molecule has 1 heterocycles. The number of anilines is 2. The van der Waals surface area contributed by atoms with Crippen LogP contribution >= 0.6 is 0 Å². The number of amides is 2. The molecule has 0 aliphatic rings. The van der Waals surface area contributed by atoms with Crippen molar-refractivity contribution >= 4 is 17.4 Å². The minimum absolute atomic E-state index is 0.295. The van der Waals surface area contributed by atoms with Crippen molar-refractivity contribution < 1.29 is 9.21 Å². The molecule has 0 aliphatic carbocycles. The van der Waals surface area contributed by atoms with Gasteiger partial charge in [0.25, 0.3) is 0 Å². The van der Waals surface area contributed by atoms with Gasteiger partial charge in [0.1, 0.15) is 12.0 Å². The predicted molar refractivity (Wildman–Crippen MR) is 106 cm³/mol. The smallest absolute Gasteiger partial charge is 0.323 e. The molecule has 1 aromatic heterocycles. The number of hydrogen-bond donors (Lipinski definition) is 2. The number of hydrogen-bond acceptors (Lipinski definition) is 3. The van der Waals surface area contributed by atoms with Gasteiger partial charge < -0.3 is 15.1 Å². The number of urea groups is 1. The first-order valence-electron chi connectivity index (χ1n) is 8.52. The number of aromatic nitrogens is 1. The zero-order valence-electron chi connectivity index (χ0n) is 14.4. The van der Waals surface area contributed by atoms with E-state index in [-0.39, 0.29) is 6.03 Å². The van der Waals surface area contributed by atoms with Crippen LogP contribution in [0.4, 0.5) is 16.2 Å². The van der Waals surface area contributed by atoms with Crippen LogP contribution in [0.2, 0.25) is 0 Å². The lowest BCUT2D eigenvalue weighted by atomic mass is 10.2. The van der Waals surface area contributed by atoms with Gasteiger partial charge >= 0.3 is 6.03 Å². The van der Waals surface area contributed by atoms with Gasteiger partial charge in [-0.3, -0.25) is 0 Å². The Morgan fingerprint density at radius 1 is 0.704 bits per heavy atom. The summed E-state index contributed by atoms with van der Waals surface area (Å²) in [4.78, 5) is 16.6. The van der Waals surface area contributed by atoms with Crippen LogP contribution < -0.4 is 10.6 Å². The molecule has 5 heteroatoms. The number of oxazole rings is 1. The molecule has 4 rings (SSSR count). The summed E-state index contributed by atoms with van der Waals surface area (Å²) in [7, 11) is 0. The van der Waals surface area contributed by atoms with Crippen molar-refractivity contribution in [1.82, 2.24) is 4.98 Å². The van der Waals surface area contributed by atoms with E-state index in [1.165, 1.54) is 0 Å². The minimum Gasteiger partial charge on any atom is -0.444 e. The van der Waals surface area contributed by atoms with Gasteiger partial charge in [0, 0.05) is 22.5 Å². The number of nitrogens with zero attached hydrogens (tertiary/aromatic N) is 1. The van der Waals surface area contributed by atoms with E-state index in [1.54, 1.807) is 6.26 Å². The molecule has 2 N–H and O–H groups in total. The molecule has 0 saturated heterocycles. The number of rotatable bonds is 4. The fourth-order valence-corrected chi connectivity index (χ4v) is 2.66. The number of carbonyl (C=O) groups excluding carboxylic acids is 1. The van der Waals surface area contributed by atoms with Crippen molar-refractivity contribution in [3.8, 4) is 22.7 Å². The second-order valence-electron chi connectivity index (χ2n) is 5.93. The summed E-state index contributed by atoms with van der Waals surface area (Å²) in [5.41, 5.74) is 4.05. The normalized spacial score (nSPS) is 10.4. The average Bonchev–Trinajstić information content (AvgIpc) is 3.20. The predicted octanol–water partition coefficient (Wildman–Crippen LogP) is 5.65. The zero-order valence-corrected chi connectivity index (χ0v) is 14.4. The first kappa shape index (κ1) is 16.6. The SMILES string of the molecule is O=C(Nc1ccccc1)Nc1ccc(-c2nc(-c3ccccc3)co2)cc1. The maximum absolute atomic E-state index is 12.0. The Balaban J connectivity index is 1.43. The lowest BCUT2D eigenvalue weighted by Crippen LogP contribution is -2.19. The van der Waals surface area contributed by atoms with Crippen LogP contribution in [-0.2, 0) is 0 Å². The van der Waals surface area contributed by atoms with Crippen LogP contribution in [0.1, 0.15) is 0 Å². The van der Waals surface area contributed by atoms with E-state index in [1.807, 2.05) is 84.9 Å². The van der Waals surface area contributed by atoms with E-state index in [2.05, 4.69) is 15.6 Å². The van der Waals surface area contributed by atoms with Crippen LogP contribution in [0.15, 0.2) is 95.6 Å². The summed E-state index contributed by atoms with van der Waals surface area (Å²) in [5, 5.41) is 5.58. The zero-order chi connectivity index (χ0) is 18.5. The van der Waals surface area contributed by atoms with Crippen molar-refractivity contribution in [2.75, 3.05) is 10.6 Å². The largest absolute Gasteiger partial charge is 0.444 e. The second-order valence-corrected chi connectivity index (χ2v) is 5.93. The molecule has 0 radical (unpaired) electrons. The fraction of sp³-hybridized carbons (Fsp3) is 0. The van der Waals surface area contributed by atoms with Gasteiger partial charge in [0.2, 0.25) is 5.89 Å². The first-order chi connectivity index (χ1) is 13.3. The van der Waals surface area contributed by atoms with E-state index in [9.17, 15) is 4.79 Å². The maximum atomic E-state index is 12.0. The summed E-state index contributed by atoms with van der Waals surface area (Å²) < 4.78 is 5.59. The second kappa shape index (κ2) is 7.58. The van der Waals surface area contributed by atoms with E-state index in [0.717, 1.165) is 22.5 Å². The molecular weight excluding hydrogens is 338 g/mol. The highest BCUT2D eigenvalue weighted by molar-refractivity contribution is 5.99. The van der Waals surface area contributed by atoms with Crippen LogP contribution in [0.25, 0.3) is 22.7 Å². The Bertz CT molecular complexity index is 1030. The molecule has 0 saturated carbocycles. The third kappa shape index (κ3) is 4.04. The minimum atomic E-state index is -0.295. The molecule has 132 valence electrons. The highest BCUT2D eigenvalue weighted by atomic mass is 16.3. The quantitative estimate of drug-likeness (QED) is 0.497. The standard InChI is InChI=1S/C22H17N3O2/c26-22(23-18-9-5-2-6-10-18)24-19-13-11-17(12-14-19)21-25-20(15-27-21)16-7-3-1-4-8-16/h1-15H,(H2,23,24,26). The van der Waals surface area contributed by atoms with Gasteiger partial charge in [-0.15, -0.1) is 0 Å². The van der Waals surface area contributed by atoms with Crippen LogP contribution in [0, 0.1) is 0 Å². The van der Waals surface area contributed by atoms with Crippen molar-refractivity contribution in [3.05, 3.63) is 91.2 Å². The lowest BCUT2D eigenvalue weighted by Gasteiger charge is -2.07. The summed E-state index contributed by atoms with van der Waals surface area (Å²) in [6.07, 6.45) is 1.64. The van der Waals surface area contributed by atoms with Gasteiger partial charge in [0.05, 0.1) is 0 Å². The fourth-order valence-electron chi connectivity index (χ4n) is 2.66. The highest BCUT2D eigenvalue weighted by Crippen LogP contribution is 2.25. The number of para-hydroxylation sites is 1. The van der Waals surface area contributed by atoms with E-state index in [0.29, 0.717) is 11.6 Å². The average molecular weight is 355 g/mol. The molecular formula is C22H17N3O2. The van der Waals surface area contributed by atoms with Gasteiger partial charge in [-0.25, -0.2) is 9.78 Å². The van der Waals surface area contributed by atoms with Gasteiger partial charge in [-0.1, -0.05) is 48.5 Å². The highest BCUT2D eigenvalue weighted by Gasteiger charge is 2.09. The monoisotopic (exact) mass is 355 g/mol. The van der Waals surface area contributed by atoms with Gasteiger partial charge in [0.15, 0.2) is 0 Å². The number of nitrogens with one attached hydrogen (secondary N) is 2. The van der Waals surface area contributed by atoms with Gasteiger partial charge in [-0.05, 0) is 36.4 Å². The Hall–Kier alpha value is -3.86. The summed E-state index contributed by atoms with van der Waals surface area (Å²) in [5.74, 6) is 0.536. The Morgan fingerprint density at radius 3 is 1.96 bits per heavy atom. The molecule has 5 nitrogen and oxygen atoms in total. The Kier molecular flexibility index (Phi) is 4.66. The molecule has 0 unspecified atom stereocenters. The molecule has 0 aliphatic heterocycles. The molecule has 0 atom stereocenters. The van der Waals surface area contributed by atoms with Gasteiger partial charge in [-0.2, -0.15) is 0 Å². The molecule has 0 fully saturated rings. The molecule has 0 bridgehead atoms. The van der Waals surface area contributed by atoms with Crippen LogP contribution in [-0.4, -0.2) is 11.0 Å². The first-order valence-corrected chi connectivity index (χ1v) is 8.52. The molecule has 27 heavy (non-hydrogen) atoms. The van der Waals surface area contributed by atoms with Crippen molar-refractivity contribution in [1.29, 1.82) is 0 Å². The summed E-state index contributed by atoms with van der Waals surface area (Å²) >= 11 is 0. The molecule has 4 aromatic rings. The van der Waals surface area contributed by atoms with E-state index >= 15 is 0 Å².